The summed E-state index contributed by atoms with van der Waals surface area (Å²) in [6, 6.07) is 0. The molecule has 0 aliphatic carbocycles. The first-order valence-electron chi connectivity index (χ1n) is 1.26. The summed E-state index contributed by atoms with van der Waals surface area (Å²) in [5.74, 6) is 0. The molecule has 0 unspecified atom stereocenters. The molecule has 0 aromatic carbocycles. The molecule has 9 N–H and O–H groups in total. The third kappa shape index (κ3) is 367. The first-order valence-corrected chi connectivity index (χ1v) is 1.26. The van der Waals surface area contributed by atoms with E-state index in [4.69, 9.17) is 30.0 Å². The maximum atomic E-state index is 8.56. The summed E-state index contributed by atoms with van der Waals surface area (Å²) in [5, 5.41) is 30.6. The van der Waals surface area contributed by atoms with Crippen LogP contribution in [-0.4, -0.2) is 39.0 Å². The quantitative estimate of drug-likeness (QED) is 0.358. The van der Waals surface area contributed by atoms with Crippen molar-refractivity contribution in [2.24, 2.45) is 0 Å². The van der Waals surface area contributed by atoms with Crippen LogP contribution in [0.5, 0.6) is 0 Å². The molecule has 0 aliphatic rings. The van der Waals surface area contributed by atoms with Crippen molar-refractivity contribution >= 4 is 12.3 Å². The van der Waals surface area contributed by atoms with Crippen molar-refractivity contribution in [1.29, 1.82) is 0 Å². The van der Waals surface area contributed by atoms with E-state index in [1.807, 2.05) is 0 Å². The van der Waals surface area contributed by atoms with Crippen molar-refractivity contribution in [3.05, 3.63) is 0 Å². The predicted molar refractivity (Wildman–Crippen MR) is 27.8 cm³/mol. The van der Waals surface area contributed by atoms with Crippen LogP contribution in [0.15, 0.2) is 0 Å². The average Bonchev–Trinajstić information content (AvgIpc) is 1.25. The van der Waals surface area contributed by atoms with E-state index in [-0.39, 0.29) is 184 Å². The minimum absolute atomic E-state index is 0. The first-order chi connectivity index (χ1) is 3.46. The second kappa shape index (κ2) is 62.4. The monoisotopic (exact) mass is 315 g/mol. The maximum absolute atomic E-state index is 8.56. The van der Waals surface area contributed by atoms with Crippen molar-refractivity contribution in [2.75, 3.05) is 0 Å². The van der Waals surface area contributed by atoms with Crippen molar-refractivity contribution in [2.45, 2.75) is 0 Å². The van der Waals surface area contributed by atoms with Crippen LogP contribution in [0.2, 0.25) is 0 Å². The molecule has 0 radical (unpaired) electrons. The summed E-state index contributed by atoms with van der Waals surface area (Å²) in [6.45, 7) is 0. The van der Waals surface area contributed by atoms with Crippen molar-refractivity contribution in [3.63, 3.8) is 0 Å². The molecule has 0 amide bonds. The van der Waals surface area contributed by atoms with Gasteiger partial charge in [0, 0.05) is 0 Å². The predicted octanol–water partition coefficient (Wildman–Crippen LogP) is -14.4. The molecule has 80 valence electrons. The molecule has 0 bridgehead atoms. The molecule has 0 atom stereocenters. The Morgan fingerprint density at radius 3 is 0.812 bits per heavy atom. The van der Waals surface area contributed by atoms with Crippen LogP contribution in [0, 0.1) is 0 Å². The van der Waals surface area contributed by atoms with Gasteiger partial charge in [0.2, 0.25) is 0 Å². The fourth-order valence-electron chi connectivity index (χ4n) is 0. The van der Waals surface area contributed by atoms with Crippen LogP contribution in [-0.2, 0) is 0 Å². The van der Waals surface area contributed by atoms with Crippen LogP contribution in [0.25, 0.3) is 0 Å². The van der Waals surface area contributed by atoms with Gasteiger partial charge in [0.25, 0.3) is 0 Å². The van der Waals surface area contributed by atoms with Gasteiger partial charge in [0.15, 0.2) is 0 Å². The number of carbonyl (C=O) groups excluding carboxylic acids is 1. The fourth-order valence-corrected chi connectivity index (χ4v) is 0. The first kappa shape index (κ1) is 73.4. The minimum Gasteiger partial charge on any atom is -0.870 e. The molecular weight excluding hydrogens is 306 g/mol. The van der Waals surface area contributed by atoms with Gasteiger partial charge >= 0.3 is 168 Å². The topological polar surface area (TPSA) is 247 Å². The molecular formula is C2H9K2NNa2O9. The molecule has 0 spiro atoms. The van der Waals surface area contributed by atoms with Gasteiger partial charge in [-0.05, 0) is 6.16 Å². The zero-order valence-electron chi connectivity index (χ0n) is 9.87. The van der Waals surface area contributed by atoms with Gasteiger partial charge in [-0.1, -0.05) is 0 Å². The largest absolute Gasteiger partial charge is 1.00 e. The molecule has 0 aromatic heterocycles. The van der Waals surface area contributed by atoms with Crippen LogP contribution in [0.1, 0.15) is 0 Å². The van der Waals surface area contributed by atoms with E-state index in [1.54, 1.807) is 0 Å². The molecule has 0 fully saturated rings. The van der Waals surface area contributed by atoms with E-state index in [2.05, 4.69) is 0 Å². The Balaban J connectivity index is -0.00000000375. The van der Waals surface area contributed by atoms with Crippen LogP contribution in [0.4, 0.5) is 9.59 Å². The second-order valence-electron chi connectivity index (χ2n) is 0.533. The van der Waals surface area contributed by atoms with Gasteiger partial charge in [-0.2, -0.15) is 0 Å². The molecule has 16 heavy (non-hydrogen) atoms. The number of hydrogen-bond donors (Lipinski definition) is 3. The average molecular weight is 315 g/mol. The van der Waals surface area contributed by atoms with Crippen molar-refractivity contribution in [3.8, 4) is 0 Å². The van der Waals surface area contributed by atoms with Gasteiger partial charge < -0.3 is 47.8 Å². The smallest absolute Gasteiger partial charge is 0.870 e. The third-order valence-corrected chi connectivity index (χ3v) is 0. The summed E-state index contributed by atoms with van der Waals surface area (Å²) in [4.78, 5) is 16.9. The standard InChI is InChI=1S/2CH2O3.2K.H3N.2Na.3H2O/c2*2-1(3)4;;;;;;;;/h2*(H2,2,3,4);;;1H3;;;3*1H2/q;;2*+1;;2*+1;;;/p-4. The van der Waals surface area contributed by atoms with E-state index < -0.39 is 12.3 Å². The second-order valence-corrected chi connectivity index (χ2v) is 0.533. The van der Waals surface area contributed by atoms with E-state index in [0.29, 0.717) is 0 Å². The summed E-state index contributed by atoms with van der Waals surface area (Å²) in [5.41, 5.74) is 0. The van der Waals surface area contributed by atoms with Crippen LogP contribution < -0.4 is 178 Å². The van der Waals surface area contributed by atoms with Gasteiger partial charge in [0.05, 0.1) is 0 Å². The molecule has 0 aliphatic heterocycles. The Kier molecular flexibility index (Phi) is 286. The maximum Gasteiger partial charge on any atom is 1.00 e. The molecule has 0 saturated carbocycles. The normalized spacial score (nSPS) is 3.00. The zero-order chi connectivity index (χ0) is 7.15. The Hall–Kier alpha value is 3.65. The van der Waals surface area contributed by atoms with Crippen molar-refractivity contribution in [1.82, 2.24) is 6.15 Å². The number of carbonyl (C=O) groups is 2. The van der Waals surface area contributed by atoms with E-state index in [1.165, 1.54) is 0 Å². The van der Waals surface area contributed by atoms with Crippen LogP contribution in [0.3, 0.4) is 0 Å². The van der Waals surface area contributed by atoms with E-state index >= 15 is 0 Å². The number of carboxylic acid groups (broad SMARTS) is 4. The van der Waals surface area contributed by atoms with Gasteiger partial charge in [-0.3, -0.25) is 0 Å². The third-order valence-electron chi connectivity index (χ3n) is 0. The Labute approximate surface area is 221 Å². The summed E-state index contributed by atoms with van der Waals surface area (Å²) in [7, 11) is 0. The summed E-state index contributed by atoms with van der Waals surface area (Å²) in [6.07, 6.45) is -4.17. The molecule has 0 saturated heterocycles. The van der Waals surface area contributed by atoms with Gasteiger partial charge in [0.1, 0.15) is 0 Å². The fraction of sp³-hybridized carbons (Fsp3) is 0. The van der Waals surface area contributed by atoms with Gasteiger partial charge in [-0.15, -0.1) is 0 Å². The zero-order valence-corrected chi connectivity index (χ0v) is 20.1. The van der Waals surface area contributed by atoms with Crippen molar-refractivity contribution < 1.29 is 208 Å². The number of hydrogen-bond acceptors (Lipinski definition) is 7. The van der Waals surface area contributed by atoms with E-state index in [0.717, 1.165) is 0 Å². The van der Waals surface area contributed by atoms with E-state index in [9.17, 15) is 0 Å². The molecule has 14 heteroatoms. The SMILES string of the molecule is O=C(O)O.O=C([O-])[O-].[K+].[K+].[NH4+].[Na+].[Na+].[OH-].[OH-].[OH-]. The Morgan fingerprint density at radius 1 is 0.812 bits per heavy atom. The Bertz CT molecular complexity index is 87.5. The number of rotatable bonds is 0. The summed E-state index contributed by atoms with van der Waals surface area (Å²) >= 11 is 0. The summed E-state index contributed by atoms with van der Waals surface area (Å²) < 4.78 is 0. The van der Waals surface area contributed by atoms with Gasteiger partial charge in [-0.25, -0.2) is 4.79 Å². The molecule has 0 rings (SSSR count). The minimum atomic E-state index is -2.33. The molecule has 0 aromatic rings. The number of quaternary nitrogens is 1. The molecule has 10 nitrogen and oxygen atoms in total. The van der Waals surface area contributed by atoms with Crippen LogP contribution >= 0.6 is 0 Å². The molecule has 0 heterocycles. The Morgan fingerprint density at radius 2 is 0.812 bits per heavy atom.